The molecular formula is C19H12Cl2N2O6S. The molecule has 0 spiro atoms. The van der Waals surface area contributed by atoms with Crippen LogP contribution in [0.5, 0.6) is 5.75 Å². The SMILES string of the molecule is O=C(Oc1ccc(NS(=O)(=O)c2cc([N+](=O)[O-])ccc2Cl)cc1)c1ccc(Cl)cc1. The largest absolute Gasteiger partial charge is 0.423 e. The summed E-state index contributed by atoms with van der Waals surface area (Å²) in [6.07, 6.45) is 0. The van der Waals surface area contributed by atoms with E-state index < -0.39 is 31.5 Å². The van der Waals surface area contributed by atoms with E-state index in [9.17, 15) is 23.3 Å². The van der Waals surface area contributed by atoms with Crippen LogP contribution in [0.1, 0.15) is 10.4 Å². The van der Waals surface area contributed by atoms with Crippen molar-refractivity contribution in [2.24, 2.45) is 0 Å². The second kappa shape index (κ2) is 8.70. The van der Waals surface area contributed by atoms with Crippen molar-refractivity contribution in [2.45, 2.75) is 4.90 Å². The Morgan fingerprint density at radius 3 is 2.20 bits per heavy atom. The average Bonchev–Trinajstić information content (AvgIpc) is 2.69. The zero-order valence-electron chi connectivity index (χ0n) is 14.9. The fraction of sp³-hybridized carbons (Fsp3) is 0. The number of ether oxygens (including phenoxy) is 1. The van der Waals surface area contributed by atoms with Crippen LogP contribution in [0.25, 0.3) is 0 Å². The number of nitro benzene ring substituents is 1. The predicted octanol–water partition coefficient (Wildman–Crippen LogP) is 4.92. The highest BCUT2D eigenvalue weighted by molar-refractivity contribution is 7.92. The molecular weight excluding hydrogens is 455 g/mol. The molecule has 1 N–H and O–H groups in total. The molecule has 8 nitrogen and oxygen atoms in total. The fourth-order valence-electron chi connectivity index (χ4n) is 2.36. The Balaban J connectivity index is 1.75. The average molecular weight is 467 g/mol. The number of nitro groups is 1. The van der Waals surface area contributed by atoms with Gasteiger partial charge in [0.1, 0.15) is 10.6 Å². The Morgan fingerprint density at radius 1 is 0.967 bits per heavy atom. The molecule has 3 rings (SSSR count). The lowest BCUT2D eigenvalue weighted by atomic mass is 10.2. The van der Waals surface area contributed by atoms with Crippen LogP contribution in [-0.4, -0.2) is 19.3 Å². The van der Waals surface area contributed by atoms with Crippen molar-refractivity contribution in [1.29, 1.82) is 0 Å². The lowest BCUT2D eigenvalue weighted by Gasteiger charge is -2.10. The summed E-state index contributed by atoms with van der Waals surface area (Å²) in [5, 5.41) is 11.2. The van der Waals surface area contributed by atoms with Crippen LogP contribution in [0.4, 0.5) is 11.4 Å². The van der Waals surface area contributed by atoms with Gasteiger partial charge >= 0.3 is 5.97 Å². The maximum atomic E-state index is 12.6. The molecule has 0 aliphatic carbocycles. The molecule has 3 aromatic carbocycles. The Morgan fingerprint density at radius 2 is 1.60 bits per heavy atom. The number of sulfonamides is 1. The minimum absolute atomic E-state index is 0.142. The Hall–Kier alpha value is -3.14. The molecule has 0 aliphatic rings. The predicted molar refractivity (Wildman–Crippen MR) is 112 cm³/mol. The number of hydrogen-bond donors (Lipinski definition) is 1. The van der Waals surface area contributed by atoms with E-state index in [4.69, 9.17) is 27.9 Å². The van der Waals surface area contributed by atoms with E-state index in [2.05, 4.69) is 4.72 Å². The van der Waals surface area contributed by atoms with Crippen LogP contribution in [0.3, 0.4) is 0 Å². The first kappa shape index (κ1) is 21.6. The number of carbonyl (C=O) groups excluding carboxylic acids is 1. The summed E-state index contributed by atoms with van der Waals surface area (Å²) >= 11 is 11.7. The first-order chi connectivity index (χ1) is 14.2. The van der Waals surface area contributed by atoms with Crippen molar-refractivity contribution in [3.63, 3.8) is 0 Å². The highest BCUT2D eigenvalue weighted by atomic mass is 35.5. The third kappa shape index (κ3) is 5.07. The maximum Gasteiger partial charge on any atom is 0.343 e. The Kier molecular flexibility index (Phi) is 6.25. The number of nitrogens with zero attached hydrogens (tertiary/aromatic N) is 1. The number of anilines is 1. The number of halogens is 2. The number of carbonyl (C=O) groups is 1. The van der Waals surface area contributed by atoms with E-state index in [0.717, 1.165) is 18.2 Å². The summed E-state index contributed by atoms with van der Waals surface area (Å²) in [6, 6.07) is 14.7. The van der Waals surface area contributed by atoms with Gasteiger partial charge < -0.3 is 4.74 Å². The van der Waals surface area contributed by atoms with Crippen molar-refractivity contribution in [1.82, 2.24) is 0 Å². The first-order valence-electron chi connectivity index (χ1n) is 8.20. The molecule has 0 unspecified atom stereocenters. The summed E-state index contributed by atoms with van der Waals surface area (Å²) in [5.41, 5.74) is 0.0255. The van der Waals surface area contributed by atoms with Crippen LogP contribution in [-0.2, 0) is 10.0 Å². The van der Waals surface area contributed by atoms with Gasteiger partial charge in [0.05, 0.1) is 15.5 Å². The van der Waals surface area contributed by atoms with E-state index >= 15 is 0 Å². The molecule has 11 heteroatoms. The molecule has 3 aromatic rings. The summed E-state index contributed by atoms with van der Waals surface area (Å²) in [6.45, 7) is 0. The van der Waals surface area contributed by atoms with Gasteiger partial charge in [0.15, 0.2) is 0 Å². The van der Waals surface area contributed by atoms with Gasteiger partial charge in [-0.3, -0.25) is 14.8 Å². The van der Waals surface area contributed by atoms with E-state index in [1.54, 1.807) is 12.1 Å². The zero-order valence-corrected chi connectivity index (χ0v) is 17.2. The highest BCUT2D eigenvalue weighted by Crippen LogP contribution is 2.28. The summed E-state index contributed by atoms with van der Waals surface area (Å²) in [5.74, 6) is -0.422. The van der Waals surface area contributed by atoms with Crippen molar-refractivity contribution >= 4 is 50.6 Å². The van der Waals surface area contributed by atoms with Crippen LogP contribution in [0, 0.1) is 10.1 Å². The van der Waals surface area contributed by atoms with Gasteiger partial charge in [-0.15, -0.1) is 0 Å². The van der Waals surface area contributed by atoms with Crippen LogP contribution in [0.2, 0.25) is 10.0 Å². The molecule has 0 atom stereocenters. The van der Waals surface area contributed by atoms with Crippen molar-refractivity contribution in [3.05, 3.63) is 92.5 Å². The number of benzene rings is 3. The highest BCUT2D eigenvalue weighted by Gasteiger charge is 2.22. The number of hydrogen-bond acceptors (Lipinski definition) is 6. The lowest BCUT2D eigenvalue weighted by Crippen LogP contribution is -2.14. The van der Waals surface area contributed by atoms with Crippen molar-refractivity contribution < 1.29 is 22.9 Å². The molecule has 0 saturated heterocycles. The quantitative estimate of drug-likeness (QED) is 0.238. The molecule has 0 radical (unpaired) electrons. The second-order valence-corrected chi connectivity index (χ2v) is 8.39. The second-order valence-electron chi connectivity index (χ2n) is 5.90. The molecule has 0 heterocycles. The van der Waals surface area contributed by atoms with Gasteiger partial charge in [0.25, 0.3) is 15.7 Å². The van der Waals surface area contributed by atoms with Gasteiger partial charge in [0, 0.05) is 22.8 Å². The summed E-state index contributed by atoms with van der Waals surface area (Å²) < 4.78 is 32.6. The van der Waals surface area contributed by atoms with Gasteiger partial charge in [-0.05, 0) is 54.6 Å². The third-order valence-corrected chi connectivity index (χ3v) is 5.93. The number of rotatable bonds is 6. The molecule has 0 saturated carbocycles. The van der Waals surface area contributed by atoms with E-state index in [1.807, 2.05) is 0 Å². The molecule has 0 aromatic heterocycles. The summed E-state index contributed by atoms with van der Waals surface area (Å²) in [4.78, 5) is 21.8. The fourth-order valence-corrected chi connectivity index (χ4v) is 4.07. The van der Waals surface area contributed by atoms with E-state index in [-0.39, 0.29) is 16.5 Å². The standard InChI is InChI=1S/C19H12Cl2N2O6S/c20-13-3-1-12(2-4-13)19(24)29-16-8-5-14(6-9-16)22-30(27,28)18-11-15(23(25)26)7-10-17(18)21/h1-11,22H. The summed E-state index contributed by atoms with van der Waals surface area (Å²) in [7, 11) is -4.19. The first-order valence-corrected chi connectivity index (χ1v) is 10.4. The van der Waals surface area contributed by atoms with Gasteiger partial charge in [-0.1, -0.05) is 23.2 Å². The number of esters is 1. The molecule has 0 amide bonds. The molecule has 30 heavy (non-hydrogen) atoms. The smallest absolute Gasteiger partial charge is 0.343 e. The van der Waals surface area contributed by atoms with Crippen molar-refractivity contribution in [3.8, 4) is 5.75 Å². The molecule has 0 fully saturated rings. The lowest BCUT2D eigenvalue weighted by molar-refractivity contribution is -0.385. The monoisotopic (exact) mass is 466 g/mol. The zero-order chi connectivity index (χ0) is 21.9. The third-order valence-electron chi connectivity index (χ3n) is 3.81. The van der Waals surface area contributed by atoms with Gasteiger partial charge in [-0.2, -0.15) is 0 Å². The van der Waals surface area contributed by atoms with Crippen LogP contribution in [0.15, 0.2) is 71.6 Å². The topological polar surface area (TPSA) is 116 Å². The van der Waals surface area contributed by atoms with Gasteiger partial charge in [-0.25, -0.2) is 13.2 Å². The van der Waals surface area contributed by atoms with Crippen LogP contribution < -0.4 is 9.46 Å². The minimum Gasteiger partial charge on any atom is -0.423 e. The Bertz CT molecular complexity index is 1210. The normalized spacial score (nSPS) is 11.0. The molecule has 0 bridgehead atoms. The van der Waals surface area contributed by atoms with Crippen LogP contribution >= 0.6 is 23.2 Å². The number of nitrogens with one attached hydrogen (secondary N) is 1. The van der Waals surface area contributed by atoms with Gasteiger partial charge in [0.2, 0.25) is 0 Å². The van der Waals surface area contributed by atoms with E-state index in [1.165, 1.54) is 36.4 Å². The Labute approximate surface area is 181 Å². The minimum atomic E-state index is -4.19. The number of non-ortho nitro benzene ring substituents is 1. The van der Waals surface area contributed by atoms with E-state index in [0.29, 0.717) is 10.6 Å². The molecule has 0 aliphatic heterocycles. The molecule has 154 valence electrons. The maximum absolute atomic E-state index is 12.6. The van der Waals surface area contributed by atoms with Crippen molar-refractivity contribution in [2.75, 3.05) is 4.72 Å².